The second kappa shape index (κ2) is 7.37. The van der Waals surface area contributed by atoms with Crippen molar-refractivity contribution in [2.45, 2.75) is 6.42 Å². The van der Waals surface area contributed by atoms with Gasteiger partial charge in [-0.15, -0.1) is 0 Å². The summed E-state index contributed by atoms with van der Waals surface area (Å²) in [5, 5.41) is 9.62. The molecule has 30 heavy (non-hydrogen) atoms. The molecule has 5 rings (SSSR count). The molecule has 5 nitrogen and oxygen atoms in total. The summed E-state index contributed by atoms with van der Waals surface area (Å²) in [6.45, 7) is 0. The molecule has 0 saturated carbocycles. The largest absolute Gasteiger partial charge is 0.508 e. The number of imidazole rings is 1. The Morgan fingerprint density at radius 2 is 1.50 bits per heavy atom. The number of benzene rings is 3. The summed E-state index contributed by atoms with van der Waals surface area (Å²) in [5.41, 5.74) is 4.70. The highest BCUT2D eigenvalue weighted by Gasteiger charge is 2.21. The zero-order valence-corrected chi connectivity index (χ0v) is 16.1. The Morgan fingerprint density at radius 3 is 2.20 bits per heavy atom. The summed E-state index contributed by atoms with van der Waals surface area (Å²) in [7, 11) is 0. The second-order valence-electron chi connectivity index (χ2n) is 7.18. The standard InChI is InChI=1S/C25H19N3O2/c29-20-13-11-18(12-14-20)22-16-28-24(21(26-22)15-17-7-3-1-4-8-17)27-23(25(28)30)19-9-5-2-6-10-19/h1-14,16,26,29H,15H2. The maximum atomic E-state index is 13.2. The molecule has 2 heterocycles. The molecule has 3 aromatic carbocycles. The average Bonchev–Trinajstić information content (AvgIpc) is 3.12. The van der Waals surface area contributed by atoms with Gasteiger partial charge in [0.2, 0.25) is 0 Å². The fourth-order valence-corrected chi connectivity index (χ4v) is 3.63. The molecule has 0 aliphatic carbocycles. The number of phenolic OH excluding ortho intramolecular Hbond substituents is 1. The molecule has 0 radical (unpaired) electrons. The van der Waals surface area contributed by atoms with Crippen LogP contribution in [0.25, 0.3) is 28.3 Å². The third-order valence-corrected chi connectivity index (χ3v) is 5.13. The van der Waals surface area contributed by atoms with Crippen molar-refractivity contribution >= 4 is 0 Å². The van der Waals surface area contributed by atoms with Crippen molar-refractivity contribution in [3.8, 4) is 34.1 Å². The lowest BCUT2D eigenvalue weighted by molar-refractivity contribution is 0.475. The summed E-state index contributed by atoms with van der Waals surface area (Å²) in [6, 6.07) is 26.5. The second-order valence-corrected chi connectivity index (χ2v) is 7.18. The molecule has 0 saturated heterocycles. The predicted molar refractivity (Wildman–Crippen MR) is 117 cm³/mol. The molecular weight excluding hydrogens is 374 g/mol. The monoisotopic (exact) mass is 393 g/mol. The van der Waals surface area contributed by atoms with E-state index in [-0.39, 0.29) is 11.3 Å². The van der Waals surface area contributed by atoms with Crippen LogP contribution in [0.5, 0.6) is 5.75 Å². The number of aromatic nitrogens is 3. The van der Waals surface area contributed by atoms with Gasteiger partial charge in [-0.2, -0.15) is 0 Å². The van der Waals surface area contributed by atoms with E-state index in [1.807, 2.05) is 60.7 Å². The first-order chi connectivity index (χ1) is 14.7. The lowest BCUT2D eigenvalue weighted by Gasteiger charge is -2.13. The van der Waals surface area contributed by atoms with E-state index in [9.17, 15) is 9.90 Å². The number of rotatable bonds is 4. The van der Waals surface area contributed by atoms with Gasteiger partial charge in [0.25, 0.3) is 5.56 Å². The molecule has 0 bridgehead atoms. The summed E-state index contributed by atoms with van der Waals surface area (Å²) in [6.07, 6.45) is 2.39. The van der Waals surface area contributed by atoms with Crippen molar-refractivity contribution in [1.29, 1.82) is 0 Å². The van der Waals surface area contributed by atoms with Gasteiger partial charge in [-0.1, -0.05) is 60.7 Å². The molecule has 0 atom stereocenters. The third kappa shape index (κ3) is 3.26. The Labute approximate surface area is 173 Å². The van der Waals surface area contributed by atoms with E-state index in [2.05, 4.69) is 17.1 Å². The number of hydrogen-bond acceptors (Lipinski definition) is 3. The van der Waals surface area contributed by atoms with E-state index in [1.54, 1.807) is 22.9 Å². The molecular formula is C25H19N3O2. The first-order valence-electron chi connectivity index (χ1n) is 9.72. The summed E-state index contributed by atoms with van der Waals surface area (Å²) in [4.78, 5) is 21.4. The minimum Gasteiger partial charge on any atom is -0.508 e. The van der Waals surface area contributed by atoms with E-state index >= 15 is 0 Å². The number of nitrogens with zero attached hydrogens (tertiary/aromatic N) is 2. The number of phenols is 1. The first-order valence-corrected chi connectivity index (χ1v) is 9.72. The third-order valence-electron chi connectivity index (χ3n) is 5.13. The number of aromatic amines is 1. The van der Waals surface area contributed by atoms with Crippen LogP contribution in [-0.2, 0) is 6.42 Å². The lowest BCUT2D eigenvalue weighted by atomic mass is 10.1. The number of aromatic hydroxyl groups is 1. The molecule has 2 aliphatic rings. The average molecular weight is 393 g/mol. The van der Waals surface area contributed by atoms with Crippen LogP contribution in [0.4, 0.5) is 0 Å². The molecule has 146 valence electrons. The zero-order chi connectivity index (χ0) is 20.5. The van der Waals surface area contributed by atoms with Gasteiger partial charge < -0.3 is 10.1 Å². The summed E-state index contributed by atoms with van der Waals surface area (Å²) in [5.74, 6) is 0.813. The number of nitrogens with one attached hydrogen (secondary N) is 1. The van der Waals surface area contributed by atoms with Crippen molar-refractivity contribution in [2.75, 3.05) is 0 Å². The fraction of sp³-hybridized carbons (Fsp3) is 0.0400. The highest BCUT2D eigenvalue weighted by atomic mass is 16.3. The first kappa shape index (κ1) is 17.9. The van der Waals surface area contributed by atoms with Crippen LogP contribution in [0.3, 0.4) is 0 Å². The van der Waals surface area contributed by atoms with Gasteiger partial charge in [0.15, 0.2) is 5.82 Å². The predicted octanol–water partition coefficient (Wildman–Crippen LogP) is 4.63. The maximum absolute atomic E-state index is 13.2. The van der Waals surface area contributed by atoms with Crippen LogP contribution in [0.15, 0.2) is 95.9 Å². The van der Waals surface area contributed by atoms with Crippen LogP contribution < -0.4 is 5.56 Å². The van der Waals surface area contributed by atoms with Crippen LogP contribution in [0.1, 0.15) is 11.3 Å². The van der Waals surface area contributed by atoms with E-state index in [4.69, 9.17) is 4.98 Å². The fourth-order valence-electron chi connectivity index (χ4n) is 3.63. The molecule has 2 aliphatic heterocycles. The van der Waals surface area contributed by atoms with E-state index in [1.165, 1.54) is 0 Å². The number of hydrogen-bond donors (Lipinski definition) is 2. The van der Waals surface area contributed by atoms with Crippen LogP contribution >= 0.6 is 0 Å². The van der Waals surface area contributed by atoms with Crippen molar-refractivity contribution < 1.29 is 5.11 Å². The van der Waals surface area contributed by atoms with Crippen molar-refractivity contribution in [3.63, 3.8) is 0 Å². The van der Waals surface area contributed by atoms with E-state index in [0.717, 1.165) is 28.1 Å². The van der Waals surface area contributed by atoms with Gasteiger partial charge in [-0.25, -0.2) is 4.98 Å². The van der Waals surface area contributed by atoms with Crippen molar-refractivity contribution in [2.24, 2.45) is 0 Å². The van der Waals surface area contributed by atoms with Gasteiger partial charge in [0.05, 0.1) is 11.4 Å². The van der Waals surface area contributed by atoms with Gasteiger partial charge in [-0.05, 0) is 35.4 Å². The Hall–Kier alpha value is -4.12. The topological polar surface area (TPSA) is 70.9 Å². The van der Waals surface area contributed by atoms with Crippen molar-refractivity contribution in [1.82, 2.24) is 14.5 Å². The minimum atomic E-state index is -0.153. The molecule has 5 heteroatoms. The van der Waals surface area contributed by atoms with E-state index in [0.29, 0.717) is 17.9 Å². The highest BCUT2D eigenvalue weighted by Crippen LogP contribution is 2.26. The Balaban J connectivity index is 1.72. The Morgan fingerprint density at radius 1 is 0.833 bits per heavy atom. The number of H-pyrrole nitrogens is 1. The SMILES string of the molecule is O=c1c(-c2ccccc2)nc2c(Cc3ccccc3)[nH]c(-c3ccc(O)cc3)cn1-2. The molecule has 0 spiro atoms. The van der Waals surface area contributed by atoms with Crippen molar-refractivity contribution in [3.05, 3.63) is 113 Å². The van der Waals surface area contributed by atoms with Gasteiger partial charge >= 0.3 is 0 Å². The Kier molecular flexibility index (Phi) is 4.41. The van der Waals surface area contributed by atoms with Crippen LogP contribution in [0, 0.1) is 0 Å². The van der Waals surface area contributed by atoms with E-state index < -0.39 is 0 Å². The van der Waals surface area contributed by atoms with Gasteiger partial charge in [0, 0.05) is 18.2 Å². The summed E-state index contributed by atoms with van der Waals surface area (Å²) < 4.78 is 1.61. The number of fused-ring (bicyclic) bond motifs is 1. The molecule has 0 amide bonds. The lowest BCUT2D eigenvalue weighted by Crippen LogP contribution is -2.16. The van der Waals surface area contributed by atoms with Crippen LogP contribution in [0.2, 0.25) is 0 Å². The van der Waals surface area contributed by atoms with Crippen LogP contribution in [-0.4, -0.2) is 19.6 Å². The minimum absolute atomic E-state index is 0.153. The molecule has 0 aromatic heterocycles. The normalized spacial score (nSPS) is 11.1. The molecule has 3 aromatic rings. The maximum Gasteiger partial charge on any atom is 0.282 e. The summed E-state index contributed by atoms with van der Waals surface area (Å²) >= 11 is 0. The smallest absolute Gasteiger partial charge is 0.282 e. The highest BCUT2D eigenvalue weighted by molar-refractivity contribution is 5.65. The van der Waals surface area contributed by atoms with Gasteiger partial charge in [0.1, 0.15) is 11.4 Å². The van der Waals surface area contributed by atoms with Gasteiger partial charge in [-0.3, -0.25) is 9.36 Å². The molecule has 0 fully saturated rings. The molecule has 2 N–H and O–H groups in total. The Bertz CT molecular complexity index is 1320. The molecule has 0 unspecified atom stereocenters. The zero-order valence-electron chi connectivity index (χ0n) is 16.1. The quantitative estimate of drug-likeness (QED) is 0.468.